The van der Waals surface area contributed by atoms with Crippen LogP contribution in [0, 0.1) is 0 Å². The minimum absolute atomic E-state index is 0.00906. The van der Waals surface area contributed by atoms with E-state index in [1.807, 2.05) is 91.0 Å². The number of rotatable bonds is 12. The lowest BCUT2D eigenvalue weighted by Crippen LogP contribution is -2.10. The number of hydrogen-bond donors (Lipinski definition) is 1. The number of fused-ring (bicyclic) bond motifs is 1. The zero-order valence-corrected chi connectivity index (χ0v) is 24.8. The SMILES string of the molecule is CCOc1c(-c2ccc(OCc3ccccc3)c(OCc3ccccc3)c2)oc2cc(OCc3ccccc3)cc(O)c2c1=O. The Morgan fingerprint density at radius 3 is 1.76 bits per heavy atom. The van der Waals surface area contributed by atoms with E-state index in [2.05, 4.69) is 0 Å². The molecule has 0 fully saturated rings. The van der Waals surface area contributed by atoms with Crippen LogP contribution in [0.1, 0.15) is 23.6 Å². The van der Waals surface area contributed by atoms with Crippen LogP contribution in [-0.2, 0) is 19.8 Å². The molecule has 0 unspecified atom stereocenters. The zero-order valence-electron chi connectivity index (χ0n) is 24.8. The van der Waals surface area contributed by atoms with Gasteiger partial charge in [-0.05, 0) is 41.8 Å². The molecule has 0 aliphatic heterocycles. The summed E-state index contributed by atoms with van der Waals surface area (Å²) in [6, 6.07) is 37.7. The molecule has 0 amide bonds. The molecule has 6 rings (SSSR count). The van der Waals surface area contributed by atoms with Crippen LogP contribution in [0.15, 0.2) is 131 Å². The molecular weight excluding hydrogens is 568 g/mol. The third-order valence-electron chi connectivity index (χ3n) is 7.12. The third kappa shape index (κ3) is 6.94. The van der Waals surface area contributed by atoms with Crippen molar-refractivity contribution in [3.05, 3.63) is 148 Å². The van der Waals surface area contributed by atoms with Crippen molar-refractivity contribution in [1.29, 1.82) is 0 Å². The van der Waals surface area contributed by atoms with Gasteiger partial charge >= 0.3 is 0 Å². The van der Waals surface area contributed by atoms with E-state index in [0.29, 0.717) is 36.0 Å². The molecular formula is C38H32O7. The highest BCUT2D eigenvalue weighted by atomic mass is 16.5. The maximum Gasteiger partial charge on any atom is 0.239 e. The van der Waals surface area contributed by atoms with E-state index >= 15 is 0 Å². The Morgan fingerprint density at radius 2 is 1.18 bits per heavy atom. The standard InChI is InChI=1S/C38H32O7/c1-2-41-38-36(40)35-31(39)21-30(42-23-26-12-6-3-7-13-26)22-34(35)45-37(38)29-18-19-32(43-24-27-14-8-4-9-15-27)33(20-29)44-25-28-16-10-5-11-17-28/h3-22,39H,2,23-25H2,1H3. The maximum atomic E-state index is 13.7. The summed E-state index contributed by atoms with van der Waals surface area (Å²) < 4.78 is 30.5. The smallest absolute Gasteiger partial charge is 0.239 e. The van der Waals surface area contributed by atoms with E-state index in [4.69, 9.17) is 23.4 Å². The number of phenolic OH excluding ortho intramolecular Hbond substituents is 1. The second-order valence-electron chi connectivity index (χ2n) is 10.3. The number of phenols is 1. The molecule has 5 aromatic carbocycles. The third-order valence-corrected chi connectivity index (χ3v) is 7.12. The molecule has 0 aliphatic carbocycles. The molecule has 0 aliphatic rings. The summed E-state index contributed by atoms with van der Waals surface area (Å²) in [5, 5.41) is 10.9. The van der Waals surface area contributed by atoms with Crippen molar-refractivity contribution in [3.63, 3.8) is 0 Å². The van der Waals surface area contributed by atoms with Crippen molar-refractivity contribution in [2.45, 2.75) is 26.7 Å². The van der Waals surface area contributed by atoms with Gasteiger partial charge in [-0.1, -0.05) is 91.0 Å². The van der Waals surface area contributed by atoms with Crippen LogP contribution in [-0.4, -0.2) is 11.7 Å². The Labute approximate surface area is 260 Å². The fourth-order valence-corrected chi connectivity index (χ4v) is 4.90. The normalized spacial score (nSPS) is 10.9. The van der Waals surface area contributed by atoms with Crippen molar-refractivity contribution in [3.8, 4) is 40.1 Å². The molecule has 7 nitrogen and oxygen atoms in total. The zero-order chi connectivity index (χ0) is 31.0. The summed E-state index contributed by atoms with van der Waals surface area (Å²) in [5.41, 5.74) is 3.18. The molecule has 1 heterocycles. The van der Waals surface area contributed by atoms with Crippen LogP contribution in [0.25, 0.3) is 22.3 Å². The van der Waals surface area contributed by atoms with Crippen LogP contribution in [0.3, 0.4) is 0 Å². The molecule has 7 heteroatoms. The van der Waals surface area contributed by atoms with Gasteiger partial charge in [0.2, 0.25) is 11.2 Å². The first-order valence-corrected chi connectivity index (χ1v) is 14.7. The quantitative estimate of drug-likeness (QED) is 0.151. The monoisotopic (exact) mass is 600 g/mol. The Kier molecular flexibility index (Phi) is 8.97. The minimum Gasteiger partial charge on any atom is -0.507 e. The summed E-state index contributed by atoms with van der Waals surface area (Å²) in [6.45, 7) is 2.94. The van der Waals surface area contributed by atoms with Gasteiger partial charge in [0.15, 0.2) is 17.3 Å². The summed E-state index contributed by atoms with van der Waals surface area (Å²) in [5.74, 6) is 1.31. The van der Waals surface area contributed by atoms with Crippen LogP contribution >= 0.6 is 0 Å². The molecule has 0 atom stereocenters. The molecule has 0 spiro atoms. The number of aromatic hydroxyl groups is 1. The van der Waals surface area contributed by atoms with Crippen molar-refractivity contribution in [2.24, 2.45) is 0 Å². The first kappa shape index (κ1) is 29.4. The van der Waals surface area contributed by atoms with E-state index < -0.39 is 5.43 Å². The number of benzene rings is 5. The number of hydrogen-bond acceptors (Lipinski definition) is 7. The predicted octanol–water partition coefficient (Wildman–Crippen LogP) is 8.30. The first-order chi connectivity index (χ1) is 22.1. The fraction of sp³-hybridized carbons (Fsp3) is 0.132. The largest absolute Gasteiger partial charge is 0.507 e. The highest BCUT2D eigenvalue weighted by Gasteiger charge is 2.22. The molecule has 226 valence electrons. The van der Waals surface area contributed by atoms with E-state index in [0.717, 1.165) is 16.7 Å². The molecule has 0 saturated carbocycles. The van der Waals surface area contributed by atoms with Gasteiger partial charge in [0.25, 0.3) is 0 Å². The molecule has 1 N–H and O–H groups in total. The summed E-state index contributed by atoms with van der Waals surface area (Å²) in [4.78, 5) is 13.7. The predicted molar refractivity (Wildman–Crippen MR) is 173 cm³/mol. The molecule has 6 aromatic rings. The van der Waals surface area contributed by atoms with Crippen molar-refractivity contribution in [2.75, 3.05) is 6.61 Å². The topological polar surface area (TPSA) is 87.4 Å². The van der Waals surface area contributed by atoms with E-state index in [1.54, 1.807) is 31.2 Å². The van der Waals surface area contributed by atoms with Crippen molar-refractivity contribution in [1.82, 2.24) is 0 Å². The summed E-state index contributed by atoms with van der Waals surface area (Å²) in [7, 11) is 0. The van der Waals surface area contributed by atoms with Gasteiger partial charge in [-0.25, -0.2) is 0 Å². The number of ether oxygens (including phenoxy) is 4. The van der Waals surface area contributed by atoms with Gasteiger partial charge in [0.1, 0.15) is 42.3 Å². The lowest BCUT2D eigenvalue weighted by atomic mass is 10.1. The summed E-state index contributed by atoms with van der Waals surface area (Å²) in [6.07, 6.45) is 0. The molecule has 0 radical (unpaired) electrons. The van der Waals surface area contributed by atoms with E-state index in [-0.39, 0.29) is 41.4 Å². The van der Waals surface area contributed by atoms with Gasteiger partial charge in [-0.2, -0.15) is 0 Å². The Bertz CT molecular complexity index is 1940. The first-order valence-electron chi connectivity index (χ1n) is 14.7. The van der Waals surface area contributed by atoms with Crippen LogP contribution < -0.4 is 24.4 Å². The van der Waals surface area contributed by atoms with Crippen LogP contribution in [0.2, 0.25) is 0 Å². The van der Waals surface area contributed by atoms with Crippen LogP contribution in [0.4, 0.5) is 0 Å². The molecule has 45 heavy (non-hydrogen) atoms. The second kappa shape index (κ2) is 13.7. The molecule has 0 saturated heterocycles. The van der Waals surface area contributed by atoms with Gasteiger partial charge in [-0.3, -0.25) is 4.79 Å². The molecule has 0 bridgehead atoms. The highest BCUT2D eigenvalue weighted by Crippen LogP contribution is 2.40. The van der Waals surface area contributed by atoms with E-state index in [9.17, 15) is 9.90 Å². The average molecular weight is 601 g/mol. The minimum atomic E-state index is -0.489. The lowest BCUT2D eigenvalue weighted by molar-refractivity contribution is 0.256. The molecule has 1 aromatic heterocycles. The van der Waals surface area contributed by atoms with Crippen LogP contribution in [0.5, 0.6) is 28.7 Å². The van der Waals surface area contributed by atoms with E-state index in [1.165, 1.54) is 6.07 Å². The van der Waals surface area contributed by atoms with Gasteiger partial charge < -0.3 is 28.5 Å². The Balaban J connectivity index is 1.39. The highest BCUT2D eigenvalue weighted by molar-refractivity contribution is 5.88. The van der Waals surface area contributed by atoms with Gasteiger partial charge in [0.05, 0.1) is 6.61 Å². The maximum absolute atomic E-state index is 13.7. The Hall–Kier alpha value is -5.69. The van der Waals surface area contributed by atoms with Gasteiger partial charge in [0, 0.05) is 17.7 Å². The average Bonchev–Trinajstić information content (AvgIpc) is 3.08. The fourth-order valence-electron chi connectivity index (χ4n) is 4.90. The van der Waals surface area contributed by atoms with Gasteiger partial charge in [-0.15, -0.1) is 0 Å². The Morgan fingerprint density at radius 1 is 0.622 bits per heavy atom. The van der Waals surface area contributed by atoms with Crippen molar-refractivity contribution < 1.29 is 28.5 Å². The summed E-state index contributed by atoms with van der Waals surface area (Å²) >= 11 is 0. The van der Waals surface area contributed by atoms with Crippen molar-refractivity contribution >= 4 is 11.0 Å². The lowest BCUT2D eigenvalue weighted by Gasteiger charge is -2.16. The second-order valence-corrected chi connectivity index (χ2v) is 10.3.